The van der Waals surface area contributed by atoms with Gasteiger partial charge in [0.2, 0.25) is 0 Å². The second-order valence-electron chi connectivity index (χ2n) is 4.94. The third-order valence-corrected chi connectivity index (χ3v) is 3.54. The predicted molar refractivity (Wildman–Crippen MR) is 73.2 cm³/mol. The number of carbonyl (C=O) groups is 2. The zero-order valence-electron chi connectivity index (χ0n) is 11.9. The lowest BCUT2D eigenvalue weighted by Crippen LogP contribution is -2.54. The van der Waals surface area contributed by atoms with Crippen molar-refractivity contribution < 1.29 is 14.7 Å². The van der Waals surface area contributed by atoms with E-state index in [1.54, 1.807) is 26.0 Å². The second-order valence-corrected chi connectivity index (χ2v) is 4.94. The first-order chi connectivity index (χ1) is 8.88. The van der Waals surface area contributed by atoms with Crippen LogP contribution in [-0.4, -0.2) is 27.1 Å². The summed E-state index contributed by atoms with van der Waals surface area (Å²) < 4.78 is 1.83. The van der Waals surface area contributed by atoms with Crippen LogP contribution in [-0.2, 0) is 4.79 Å². The molecule has 1 aromatic heterocycles. The smallest absolute Gasteiger partial charge is 0.329 e. The van der Waals surface area contributed by atoms with E-state index >= 15 is 0 Å². The maximum absolute atomic E-state index is 12.3. The molecule has 0 bridgehead atoms. The second kappa shape index (κ2) is 5.91. The fraction of sp³-hybridized carbons (Fsp3) is 0.571. The average Bonchev–Trinajstić information content (AvgIpc) is 2.84. The lowest BCUT2D eigenvalue weighted by Gasteiger charge is -2.28. The quantitative estimate of drug-likeness (QED) is 0.830. The number of carbonyl (C=O) groups excluding carboxylic acids is 1. The van der Waals surface area contributed by atoms with E-state index in [0.29, 0.717) is 18.5 Å². The van der Waals surface area contributed by atoms with Gasteiger partial charge in [0, 0.05) is 12.2 Å². The molecule has 1 rings (SSSR count). The van der Waals surface area contributed by atoms with E-state index in [9.17, 15) is 14.7 Å². The Hall–Kier alpha value is -1.78. The Bertz CT molecular complexity index is 459. The summed E-state index contributed by atoms with van der Waals surface area (Å²) in [5.41, 5.74) is -0.703. The molecule has 1 amide bonds. The Morgan fingerprint density at radius 2 is 1.95 bits per heavy atom. The van der Waals surface area contributed by atoms with Crippen molar-refractivity contribution >= 4 is 11.9 Å². The molecule has 0 saturated heterocycles. The number of rotatable bonds is 6. The first-order valence-corrected chi connectivity index (χ1v) is 6.60. The highest BCUT2D eigenvalue weighted by molar-refractivity contribution is 5.96. The Balaban J connectivity index is 3.01. The van der Waals surface area contributed by atoms with E-state index in [2.05, 4.69) is 5.32 Å². The van der Waals surface area contributed by atoms with Gasteiger partial charge in [-0.2, -0.15) is 0 Å². The number of carboxylic acid groups (broad SMARTS) is 1. The minimum absolute atomic E-state index is 0.151. The molecule has 0 aliphatic rings. The van der Waals surface area contributed by atoms with Gasteiger partial charge in [0.05, 0.1) is 0 Å². The molecule has 0 saturated carbocycles. The van der Waals surface area contributed by atoms with Crippen LogP contribution < -0.4 is 5.32 Å². The molecule has 5 nitrogen and oxygen atoms in total. The Morgan fingerprint density at radius 1 is 1.37 bits per heavy atom. The van der Waals surface area contributed by atoms with Crippen molar-refractivity contribution in [2.75, 3.05) is 0 Å². The van der Waals surface area contributed by atoms with Crippen molar-refractivity contribution in [1.82, 2.24) is 9.88 Å². The maximum Gasteiger partial charge on any atom is 0.329 e. The summed E-state index contributed by atoms with van der Waals surface area (Å²) in [4.78, 5) is 23.7. The van der Waals surface area contributed by atoms with Crippen LogP contribution in [0.5, 0.6) is 0 Å². The van der Waals surface area contributed by atoms with E-state index in [1.165, 1.54) is 0 Å². The largest absolute Gasteiger partial charge is 0.480 e. The first kappa shape index (κ1) is 15.3. The van der Waals surface area contributed by atoms with Gasteiger partial charge >= 0.3 is 5.97 Å². The number of hydrogen-bond donors (Lipinski definition) is 2. The molecular weight excluding hydrogens is 244 g/mol. The Labute approximate surface area is 113 Å². The van der Waals surface area contributed by atoms with E-state index in [4.69, 9.17) is 0 Å². The van der Waals surface area contributed by atoms with Gasteiger partial charge in [-0.1, -0.05) is 13.8 Å². The molecule has 0 radical (unpaired) electrons. The van der Waals surface area contributed by atoms with Crippen LogP contribution in [0.1, 0.15) is 57.1 Å². The summed E-state index contributed by atoms with van der Waals surface area (Å²) in [5.74, 6) is -1.33. The summed E-state index contributed by atoms with van der Waals surface area (Å²) in [6.07, 6.45) is 2.53. The number of aromatic nitrogens is 1. The minimum atomic E-state index is -1.19. The SMILES string of the molecule is CCC(CC)(NC(=O)c1cccn1C(C)C)C(=O)O. The van der Waals surface area contributed by atoms with Gasteiger partial charge in [0.25, 0.3) is 5.91 Å². The zero-order valence-corrected chi connectivity index (χ0v) is 11.9. The van der Waals surface area contributed by atoms with Gasteiger partial charge in [0.15, 0.2) is 0 Å². The number of nitrogens with zero attached hydrogens (tertiary/aromatic N) is 1. The van der Waals surface area contributed by atoms with Crippen molar-refractivity contribution in [2.24, 2.45) is 0 Å². The number of carboxylic acids is 1. The molecule has 0 spiro atoms. The van der Waals surface area contributed by atoms with Crippen LogP contribution in [0.3, 0.4) is 0 Å². The number of amides is 1. The van der Waals surface area contributed by atoms with Crippen LogP contribution in [0, 0.1) is 0 Å². The van der Waals surface area contributed by atoms with E-state index < -0.39 is 11.5 Å². The van der Waals surface area contributed by atoms with Gasteiger partial charge in [-0.15, -0.1) is 0 Å². The van der Waals surface area contributed by atoms with Crippen molar-refractivity contribution in [1.29, 1.82) is 0 Å². The van der Waals surface area contributed by atoms with Crippen molar-refractivity contribution in [2.45, 2.75) is 52.1 Å². The Kier molecular flexibility index (Phi) is 4.75. The maximum atomic E-state index is 12.3. The molecule has 1 aromatic rings. The van der Waals surface area contributed by atoms with E-state index in [0.717, 1.165) is 0 Å². The van der Waals surface area contributed by atoms with Crippen molar-refractivity contribution in [3.8, 4) is 0 Å². The summed E-state index contributed by atoms with van der Waals surface area (Å²) in [5, 5.41) is 12.0. The number of nitrogens with one attached hydrogen (secondary N) is 1. The summed E-state index contributed by atoms with van der Waals surface area (Å²) in [6.45, 7) is 7.47. The zero-order chi connectivity index (χ0) is 14.6. The molecule has 2 N–H and O–H groups in total. The highest BCUT2D eigenvalue weighted by Crippen LogP contribution is 2.18. The van der Waals surface area contributed by atoms with Gasteiger partial charge in [-0.05, 0) is 38.8 Å². The minimum Gasteiger partial charge on any atom is -0.480 e. The Morgan fingerprint density at radius 3 is 2.37 bits per heavy atom. The van der Waals surface area contributed by atoms with Gasteiger partial charge in [0.1, 0.15) is 11.2 Å². The normalized spacial score (nSPS) is 11.6. The van der Waals surface area contributed by atoms with E-state index in [1.807, 2.05) is 24.6 Å². The van der Waals surface area contributed by atoms with Crippen LogP contribution in [0.4, 0.5) is 0 Å². The monoisotopic (exact) mass is 266 g/mol. The average molecular weight is 266 g/mol. The molecule has 106 valence electrons. The molecule has 0 aliphatic heterocycles. The van der Waals surface area contributed by atoms with Crippen LogP contribution in [0.25, 0.3) is 0 Å². The summed E-state index contributed by atoms with van der Waals surface area (Å²) in [7, 11) is 0. The fourth-order valence-electron chi connectivity index (χ4n) is 2.10. The highest BCUT2D eigenvalue weighted by atomic mass is 16.4. The fourth-order valence-corrected chi connectivity index (χ4v) is 2.10. The molecular formula is C14H22N2O3. The van der Waals surface area contributed by atoms with E-state index in [-0.39, 0.29) is 11.9 Å². The first-order valence-electron chi connectivity index (χ1n) is 6.60. The topological polar surface area (TPSA) is 71.3 Å². The number of aliphatic carboxylic acids is 1. The van der Waals surface area contributed by atoms with Crippen LogP contribution in [0.15, 0.2) is 18.3 Å². The van der Waals surface area contributed by atoms with Crippen LogP contribution in [0.2, 0.25) is 0 Å². The third kappa shape index (κ3) is 2.97. The molecule has 19 heavy (non-hydrogen) atoms. The summed E-state index contributed by atoms with van der Waals surface area (Å²) >= 11 is 0. The molecule has 5 heteroatoms. The third-order valence-electron chi connectivity index (χ3n) is 3.54. The molecule has 0 unspecified atom stereocenters. The van der Waals surface area contributed by atoms with Gasteiger partial charge in [-0.3, -0.25) is 4.79 Å². The lowest BCUT2D eigenvalue weighted by atomic mass is 9.93. The predicted octanol–water partition coefficient (Wildman–Crippen LogP) is 2.44. The van der Waals surface area contributed by atoms with Gasteiger partial charge in [-0.25, -0.2) is 4.79 Å². The van der Waals surface area contributed by atoms with Gasteiger partial charge < -0.3 is 15.0 Å². The number of hydrogen-bond acceptors (Lipinski definition) is 2. The molecule has 0 aromatic carbocycles. The molecule has 0 aliphatic carbocycles. The molecule has 1 heterocycles. The van der Waals surface area contributed by atoms with Crippen molar-refractivity contribution in [3.05, 3.63) is 24.0 Å². The highest BCUT2D eigenvalue weighted by Gasteiger charge is 2.37. The summed E-state index contributed by atoms with van der Waals surface area (Å²) in [6, 6.07) is 3.64. The van der Waals surface area contributed by atoms with Crippen LogP contribution >= 0.6 is 0 Å². The standard InChI is InChI=1S/C14H22N2O3/c1-5-14(6-2,13(18)19)15-12(17)11-8-7-9-16(11)10(3)4/h7-10H,5-6H2,1-4H3,(H,15,17)(H,18,19). The van der Waals surface area contributed by atoms with Crippen molar-refractivity contribution in [3.63, 3.8) is 0 Å². The molecule has 0 fully saturated rings. The molecule has 0 atom stereocenters. The lowest BCUT2D eigenvalue weighted by molar-refractivity contribution is -0.144.